The van der Waals surface area contributed by atoms with Crippen LogP contribution < -0.4 is 5.11 Å². The monoisotopic (exact) mass is 295 g/mol. The first-order valence-electron chi connectivity index (χ1n) is 6.12. The molecule has 1 rings (SSSR count). The van der Waals surface area contributed by atoms with Gasteiger partial charge in [-0.15, -0.1) is 0 Å². The van der Waals surface area contributed by atoms with Gasteiger partial charge in [0.2, 0.25) is 0 Å². The molecule has 0 aliphatic rings. The molecule has 0 spiro atoms. The van der Waals surface area contributed by atoms with Gasteiger partial charge in [0.1, 0.15) is 5.56 Å². The predicted molar refractivity (Wildman–Crippen MR) is 71.9 cm³/mol. The zero-order chi connectivity index (χ0) is 16.5. The average Bonchev–Trinajstić information content (AvgIpc) is 2.25. The van der Waals surface area contributed by atoms with Crippen molar-refractivity contribution in [1.82, 2.24) is 0 Å². The topological polar surface area (TPSA) is 126 Å². The minimum atomic E-state index is -1.48. The third kappa shape index (κ3) is 3.33. The number of hydrogen-bond donors (Lipinski definition) is 0. The summed E-state index contributed by atoms with van der Waals surface area (Å²) < 4.78 is 0. The molecule has 8 nitrogen and oxygen atoms in total. The van der Waals surface area contributed by atoms with E-state index < -0.39 is 39.0 Å². The number of carbonyl (C=O) groups excluding carboxylic acids is 1. The molecule has 21 heavy (non-hydrogen) atoms. The standard InChI is InChI=1S/C13H16N2O6/c1-7-10(14(18)19)6-9(13(2,3)4)8(5-11(16)17)12(7)15(20)21/h6H,5H2,1-4H3,(H,16,17)/p-1. The molecule has 0 aromatic heterocycles. The maximum Gasteiger partial charge on any atom is 0.283 e. The molecular weight excluding hydrogens is 280 g/mol. The summed E-state index contributed by atoms with van der Waals surface area (Å²) in [6.07, 6.45) is -0.665. The molecular formula is C13H15N2O6-. The Balaban J connectivity index is 3.88. The number of aliphatic carboxylic acids is 1. The first kappa shape index (κ1) is 16.5. The molecule has 0 aliphatic heterocycles. The van der Waals surface area contributed by atoms with Gasteiger partial charge in [-0.05, 0) is 17.9 Å². The van der Waals surface area contributed by atoms with Crippen LogP contribution in [-0.4, -0.2) is 15.8 Å². The largest absolute Gasteiger partial charge is 0.550 e. The number of carbonyl (C=O) groups is 1. The Hall–Kier alpha value is -2.51. The number of carboxylic acid groups (broad SMARTS) is 1. The molecule has 0 amide bonds. The third-order valence-electron chi connectivity index (χ3n) is 3.14. The van der Waals surface area contributed by atoms with Crippen LogP contribution in [0.25, 0.3) is 0 Å². The second kappa shape index (κ2) is 5.47. The van der Waals surface area contributed by atoms with Crippen molar-refractivity contribution in [3.63, 3.8) is 0 Å². The number of nitrogens with zero attached hydrogens (tertiary/aromatic N) is 2. The van der Waals surface area contributed by atoms with E-state index in [1.54, 1.807) is 20.8 Å². The van der Waals surface area contributed by atoms with Gasteiger partial charge >= 0.3 is 0 Å². The van der Waals surface area contributed by atoms with Gasteiger partial charge in [0.25, 0.3) is 11.4 Å². The van der Waals surface area contributed by atoms with Crippen LogP contribution >= 0.6 is 0 Å². The van der Waals surface area contributed by atoms with Crippen LogP contribution in [0.4, 0.5) is 11.4 Å². The molecule has 0 atom stereocenters. The van der Waals surface area contributed by atoms with Crippen LogP contribution in [0.2, 0.25) is 0 Å². The molecule has 0 bridgehead atoms. The summed E-state index contributed by atoms with van der Waals surface area (Å²) in [6.45, 7) is 6.33. The summed E-state index contributed by atoms with van der Waals surface area (Å²) in [7, 11) is 0. The highest BCUT2D eigenvalue weighted by Gasteiger charge is 2.32. The van der Waals surface area contributed by atoms with E-state index in [4.69, 9.17) is 0 Å². The van der Waals surface area contributed by atoms with Crippen molar-refractivity contribution in [2.75, 3.05) is 0 Å². The zero-order valence-electron chi connectivity index (χ0n) is 12.1. The Morgan fingerprint density at radius 3 is 2.05 bits per heavy atom. The lowest BCUT2D eigenvalue weighted by Crippen LogP contribution is -2.27. The normalized spacial score (nSPS) is 11.2. The summed E-state index contributed by atoms with van der Waals surface area (Å²) in [6, 6.07) is 1.21. The minimum absolute atomic E-state index is 0.0457. The molecule has 0 saturated heterocycles. The molecule has 8 heteroatoms. The van der Waals surface area contributed by atoms with Crippen LogP contribution in [0.5, 0.6) is 0 Å². The van der Waals surface area contributed by atoms with Gasteiger partial charge in [-0.2, -0.15) is 0 Å². The van der Waals surface area contributed by atoms with Gasteiger partial charge in [-0.3, -0.25) is 20.2 Å². The fourth-order valence-corrected chi connectivity index (χ4v) is 2.24. The van der Waals surface area contributed by atoms with E-state index in [2.05, 4.69) is 0 Å². The van der Waals surface area contributed by atoms with Gasteiger partial charge in [-0.25, -0.2) is 0 Å². The molecule has 114 valence electrons. The average molecular weight is 295 g/mol. The van der Waals surface area contributed by atoms with E-state index in [-0.39, 0.29) is 16.7 Å². The Bertz CT molecular complexity index is 631. The van der Waals surface area contributed by atoms with Gasteiger partial charge in [0.05, 0.1) is 9.85 Å². The molecule has 1 aromatic rings. The maximum atomic E-state index is 11.2. The van der Waals surface area contributed by atoms with Crippen LogP contribution in [-0.2, 0) is 16.6 Å². The number of rotatable bonds is 4. The quantitative estimate of drug-likeness (QED) is 0.610. The molecule has 0 radical (unpaired) electrons. The highest BCUT2D eigenvalue weighted by atomic mass is 16.6. The molecule has 0 saturated carbocycles. The number of hydrogen-bond acceptors (Lipinski definition) is 6. The summed E-state index contributed by atoms with van der Waals surface area (Å²) in [5.74, 6) is -1.48. The number of nitro groups is 2. The lowest BCUT2D eigenvalue weighted by atomic mass is 9.81. The van der Waals surface area contributed by atoms with E-state index in [0.717, 1.165) is 0 Å². The highest BCUT2D eigenvalue weighted by molar-refractivity contribution is 5.74. The van der Waals surface area contributed by atoms with Crippen molar-refractivity contribution in [1.29, 1.82) is 0 Å². The molecule has 1 aromatic carbocycles. The third-order valence-corrected chi connectivity index (χ3v) is 3.14. The predicted octanol–water partition coefficient (Wildman–Crippen LogP) is 1.40. The molecule has 0 heterocycles. The van der Waals surface area contributed by atoms with Crippen molar-refractivity contribution in [2.45, 2.75) is 39.5 Å². The Morgan fingerprint density at radius 1 is 1.19 bits per heavy atom. The second-order valence-electron chi connectivity index (χ2n) is 5.71. The van der Waals surface area contributed by atoms with Gasteiger partial charge < -0.3 is 9.90 Å². The van der Waals surface area contributed by atoms with Crippen LogP contribution in [0.3, 0.4) is 0 Å². The van der Waals surface area contributed by atoms with E-state index in [9.17, 15) is 30.1 Å². The van der Waals surface area contributed by atoms with E-state index in [1.165, 1.54) is 13.0 Å². The maximum absolute atomic E-state index is 11.2. The van der Waals surface area contributed by atoms with Gasteiger partial charge in [0.15, 0.2) is 0 Å². The lowest BCUT2D eigenvalue weighted by Gasteiger charge is -2.23. The number of carboxylic acids is 1. The van der Waals surface area contributed by atoms with Gasteiger partial charge in [-0.1, -0.05) is 20.8 Å². The van der Waals surface area contributed by atoms with Gasteiger partial charge in [0, 0.05) is 24.0 Å². The van der Waals surface area contributed by atoms with E-state index in [1.807, 2.05) is 0 Å². The minimum Gasteiger partial charge on any atom is -0.550 e. The number of benzene rings is 1. The highest BCUT2D eigenvalue weighted by Crippen LogP contribution is 2.39. The summed E-state index contributed by atoms with van der Waals surface area (Å²) >= 11 is 0. The summed E-state index contributed by atoms with van der Waals surface area (Å²) in [5.41, 5.74) is -1.55. The molecule has 0 fully saturated rings. The van der Waals surface area contributed by atoms with Crippen molar-refractivity contribution in [3.05, 3.63) is 43.0 Å². The SMILES string of the molecule is Cc1c([N+](=O)[O-])cc(C(C)(C)C)c(CC(=O)[O-])c1[N+](=O)[O-]. The number of nitro benzene ring substituents is 2. The van der Waals surface area contributed by atoms with Crippen molar-refractivity contribution < 1.29 is 19.7 Å². The van der Waals surface area contributed by atoms with Crippen molar-refractivity contribution >= 4 is 17.3 Å². The smallest absolute Gasteiger partial charge is 0.283 e. The second-order valence-corrected chi connectivity index (χ2v) is 5.71. The Morgan fingerprint density at radius 2 is 1.71 bits per heavy atom. The Labute approximate surface area is 120 Å². The summed E-state index contributed by atoms with van der Waals surface area (Å²) in [4.78, 5) is 31.7. The van der Waals surface area contributed by atoms with E-state index >= 15 is 0 Å². The van der Waals surface area contributed by atoms with Crippen LogP contribution in [0, 0.1) is 27.2 Å². The fraction of sp³-hybridized carbons (Fsp3) is 0.462. The lowest BCUT2D eigenvalue weighted by molar-refractivity contribution is -0.395. The molecule has 0 N–H and O–H groups in total. The van der Waals surface area contributed by atoms with Crippen LogP contribution in [0.1, 0.15) is 37.5 Å². The van der Waals surface area contributed by atoms with Crippen molar-refractivity contribution in [2.24, 2.45) is 0 Å². The fourth-order valence-electron chi connectivity index (χ4n) is 2.24. The molecule has 0 aliphatic carbocycles. The first-order chi connectivity index (χ1) is 9.46. The first-order valence-corrected chi connectivity index (χ1v) is 6.12. The zero-order valence-corrected chi connectivity index (χ0v) is 12.1. The van der Waals surface area contributed by atoms with Crippen LogP contribution in [0.15, 0.2) is 6.07 Å². The summed E-state index contributed by atoms with van der Waals surface area (Å²) in [5, 5.41) is 33.2. The molecule has 0 unspecified atom stereocenters. The Kier molecular flexibility index (Phi) is 4.31. The van der Waals surface area contributed by atoms with E-state index in [0.29, 0.717) is 0 Å². The van der Waals surface area contributed by atoms with Crippen molar-refractivity contribution in [3.8, 4) is 0 Å².